The van der Waals surface area contributed by atoms with Gasteiger partial charge in [0.1, 0.15) is 0 Å². The number of rotatable bonds is 4. The minimum absolute atomic E-state index is 0.0877. The second-order valence-electron chi connectivity index (χ2n) is 8.24. The minimum Gasteiger partial charge on any atom is -0.316 e. The lowest BCUT2D eigenvalue weighted by molar-refractivity contribution is 0.185. The molecule has 1 saturated heterocycles. The van der Waals surface area contributed by atoms with Gasteiger partial charge in [0.2, 0.25) is 0 Å². The molecule has 6 nitrogen and oxygen atoms in total. The number of pyridine rings is 1. The lowest BCUT2D eigenvalue weighted by atomic mass is 9.99. The molecule has 2 amide bonds. The van der Waals surface area contributed by atoms with Gasteiger partial charge in [-0.05, 0) is 55.6 Å². The Kier molecular flexibility index (Phi) is 5.86. The van der Waals surface area contributed by atoms with E-state index in [2.05, 4.69) is 34.6 Å². The van der Waals surface area contributed by atoms with E-state index in [1.54, 1.807) is 19.3 Å². The SMILES string of the molecule is CC1CCN(Cc2ccc(NC(=O)Nc3cn(C)c(=O)c4ccccc34)cc2)CC1. The zero-order valence-corrected chi connectivity index (χ0v) is 17.5. The van der Waals surface area contributed by atoms with Crippen LogP contribution in [-0.2, 0) is 13.6 Å². The molecule has 0 spiro atoms. The number of piperidine rings is 1. The summed E-state index contributed by atoms with van der Waals surface area (Å²) in [5.41, 5.74) is 2.49. The Hall–Kier alpha value is -3.12. The second-order valence-corrected chi connectivity index (χ2v) is 8.24. The predicted octanol–water partition coefficient (Wildman–Crippen LogP) is 4.41. The second kappa shape index (κ2) is 8.71. The number of carbonyl (C=O) groups excluding carboxylic acids is 1. The molecule has 0 saturated carbocycles. The van der Waals surface area contributed by atoms with Crippen molar-refractivity contribution in [1.82, 2.24) is 9.47 Å². The number of nitrogens with zero attached hydrogens (tertiary/aromatic N) is 2. The number of aromatic nitrogens is 1. The first-order valence-electron chi connectivity index (χ1n) is 10.5. The summed E-state index contributed by atoms with van der Waals surface area (Å²) in [6.07, 6.45) is 4.17. The lowest BCUT2D eigenvalue weighted by Gasteiger charge is -2.30. The van der Waals surface area contributed by atoms with Crippen LogP contribution in [0.5, 0.6) is 0 Å². The van der Waals surface area contributed by atoms with Gasteiger partial charge in [0, 0.05) is 36.2 Å². The van der Waals surface area contributed by atoms with Crippen molar-refractivity contribution < 1.29 is 4.79 Å². The quantitative estimate of drug-likeness (QED) is 0.677. The summed E-state index contributed by atoms with van der Waals surface area (Å²) in [6, 6.07) is 14.9. The van der Waals surface area contributed by atoms with Crippen LogP contribution in [0.2, 0.25) is 0 Å². The standard InChI is InChI=1S/C24H28N4O2/c1-17-11-13-28(14-12-17)15-18-7-9-19(10-8-18)25-24(30)26-22-16-27(2)23(29)21-6-4-3-5-20(21)22/h3-10,16-17H,11-15H2,1-2H3,(H2,25,26,30). The van der Waals surface area contributed by atoms with Crippen LogP contribution in [0.4, 0.5) is 16.2 Å². The van der Waals surface area contributed by atoms with Gasteiger partial charge in [0.15, 0.2) is 0 Å². The van der Waals surface area contributed by atoms with Crippen LogP contribution < -0.4 is 16.2 Å². The molecule has 1 aliphatic rings. The molecule has 0 atom stereocenters. The molecule has 156 valence electrons. The van der Waals surface area contributed by atoms with Crippen LogP contribution in [0.3, 0.4) is 0 Å². The summed E-state index contributed by atoms with van der Waals surface area (Å²) < 4.78 is 1.48. The zero-order chi connectivity index (χ0) is 21.1. The molecule has 2 N–H and O–H groups in total. The molecule has 2 heterocycles. The maximum absolute atomic E-state index is 12.5. The third kappa shape index (κ3) is 4.54. The Balaban J connectivity index is 1.41. The number of likely N-dealkylation sites (tertiary alicyclic amines) is 1. The number of nitrogens with one attached hydrogen (secondary N) is 2. The highest BCUT2D eigenvalue weighted by molar-refractivity contribution is 6.05. The van der Waals surface area contributed by atoms with Crippen molar-refractivity contribution in [2.75, 3.05) is 23.7 Å². The van der Waals surface area contributed by atoms with E-state index in [-0.39, 0.29) is 11.6 Å². The van der Waals surface area contributed by atoms with Gasteiger partial charge in [0.25, 0.3) is 5.56 Å². The largest absolute Gasteiger partial charge is 0.323 e. The molecule has 2 aromatic carbocycles. The fourth-order valence-electron chi connectivity index (χ4n) is 3.97. The Bertz CT molecular complexity index is 1100. The van der Waals surface area contributed by atoms with Crippen LogP contribution in [0.15, 0.2) is 59.5 Å². The van der Waals surface area contributed by atoms with Crippen molar-refractivity contribution in [3.05, 3.63) is 70.6 Å². The van der Waals surface area contributed by atoms with Gasteiger partial charge < -0.3 is 15.2 Å². The van der Waals surface area contributed by atoms with Gasteiger partial charge in [-0.1, -0.05) is 37.3 Å². The average molecular weight is 405 g/mol. The van der Waals surface area contributed by atoms with Gasteiger partial charge in [-0.2, -0.15) is 0 Å². The molecular formula is C24H28N4O2. The summed E-state index contributed by atoms with van der Waals surface area (Å²) in [7, 11) is 1.68. The molecule has 1 aromatic heterocycles. The van der Waals surface area contributed by atoms with Crippen LogP contribution >= 0.6 is 0 Å². The topological polar surface area (TPSA) is 66.4 Å². The van der Waals surface area contributed by atoms with Crippen molar-refractivity contribution in [3.63, 3.8) is 0 Å². The van der Waals surface area contributed by atoms with E-state index in [0.29, 0.717) is 11.1 Å². The van der Waals surface area contributed by atoms with Gasteiger partial charge in [-0.15, -0.1) is 0 Å². The molecule has 4 rings (SSSR count). The number of hydrogen-bond donors (Lipinski definition) is 2. The lowest BCUT2D eigenvalue weighted by Crippen LogP contribution is -2.32. The van der Waals surface area contributed by atoms with Crippen molar-refractivity contribution in [2.24, 2.45) is 13.0 Å². The van der Waals surface area contributed by atoms with Gasteiger partial charge >= 0.3 is 6.03 Å². The number of fused-ring (bicyclic) bond motifs is 1. The molecule has 0 unspecified atom stereocenters. The van der Waals surface area contributed by atoms with Crippen molar-refractivity contribution in [3.8, 4) is 0 Å². The number of amides is 2. The van der Waals surface area contributed by atoms with Gasteiger partial charge in [-0.3, -0.25) is 9.69 Å². The van der Waals surface area contributed by atoms with E-state index >= 15 is 0 Å². The zero-order valence-electron chi connectivity index (χ0n) is 17.5. The number of anilines is 2. The van der Waals surface area contributed by atoms with Crippen LogP contribution in [0.25, 0.3) is 10.8 Å². The average Bonchev–Trinajstić information content (AvgIpc) is 2.75. The smallest absolute Gasteiger partial charge is 0.316 e. The predicted molar refractivity (Wildman–Crippen MR) is 122 cm³/mol. The highest BCUT2D eigenvalue weighted by atomic mass is 16.2. The Morgan fingerprint density at radius 3 is 2.37 bits per heavy atom. The van der Waals surface area contributed by atoms with E-state index in [1.165, 1.54) is 23.0 Å². The highest BCUT2D eigenvalue weighted by Crippen LogP contribution is 2.21. The molecule has 0 aliphatic carbocycles. The Labute approximate surface area is 176 Å². The van der Waals surface area contributed by atoms with Crippen LogP contribution in [0.1, 0.15) is 25.3 Å². The summed E-state index contributed by atoms with van der Waals surface area (Å²) in [5, 5.41) is 7.04. The fourth-order valence-corrected chi connectivity index (χ4v) is 3.97. The fraction of sp³-hybridized carbons (Fsp3) is 0.333. The maximum atomic E-state index is 12.5. The summed E-state index contributed by atoms with van der Waals surface area (Å²) in [4.78, 5) is 27.3. The van der Waals surface area contributed by atoms with E-state index in [0.717, 1.165) is 36.6 Å². The van der Waals surface area contributed by atoms with E-state index in [9.17, 15) is 9.59 Å². The molecular weight excluding hydrogens is 376 g/mol. The first-order chi connectivity index (χ1) is 14.5. The summed E-state index contributed by atoms with van der Waals surface area (Å²) in [6.45, 7) is 5.57. The molecule has 0 radical (unpaired) electrons. The van der Waals surface area contributed by atoms with Crippen molar-refractivity contribution in [2.45, 2.75) is 26.3 Å². The monoisotopic (exact) mass is 404 g/mol. The molecule has 1 fully saturated rings. The number of carbonyl (C=O) groups is 1. The summed E-state index contributed by atoms with van der Waals surface area (Å²) >= 11 is 0. The number of urea groups is 1. The van der Waals surface area contributed by atoms with Crippen molar-refractivity contribution in [1.29, 1.82) is 0 Å². The van der Waals surface area contributed by atoms with E-state index < -0.39 is 0 Å². The molecule has 1 aliphatic heterocycles. The Morgan fingerprint density at radius 2 is 1.67 bits per heavy atom. The number of aryl methyl sites for hydroxylation is 1. The molecule has 6 heteroatoms. The first kappa shape index (κ1) is 20.2. The maximum Gasteiger partial charge on any atom is 0.323 e. The van der Waals surface area contributed by atoms with Gasteiger partial charge in [0.05, 0.1) is 5.69 Å². The number of hydrogen-bond acceptors (Lipinski definition) is 3. The Morgan fingerprint density at radius 1 is 1.00 bits per heavy atom. The third-order valence-corrected chi connectivity index (χ3v) is 5.83. The summed E-state index contributed by atoms with van der Waals surface area (Å²) in [5.74, 6) is 0.829. The van der Waals surface area contributed by atoms with Crippen molar-refractivity contribution >= 4 is 28.2 Å². The molecule has 0 bridgehead atoms. The van der Waals surface area contributed by atoms with E-state index in [1.807, 2.05) is 30.3 Å². The minimum atomic E-state index is -0.337. The van der Waals surface area contributed by atoms with Crippen LogP contribution in [-0.4, -0.2) is 28.6 Å². The van der Waals surface area contributed by atoms with Crippen LogP contribution in [0, 0.1) is 5.92 Å². The molecule has 3 aromatic rings. The first-order valence-corrected chi connectivity index (χ1v) is 10.5. The molecule has 30 heavy (non-hydrogen) atoms. The third-order valence-electron chi connectivity index (χ3n) is 5.83. The highest BCUT2D eigenvalue weighted by Gasteiger charge is 2.15. The van der Waals surface area contributed by atoms with E-state index in [4.69, 9.17) is 0 Å². The van der Waals surface area contributed by atoms with Gasteiger partial charge in [-0.25, -0.2) is 4.79 Å². The normalized spacial score (nSPS) is 15.3. The number of benzene rings is 2.